The summed E-state index contributed by atoms with van der Waals surface area (Å²) >= 11 is 6.11. The molecule has 1 fully saturated rings. The minimum absolute atomic E-state index is 0.161. The van der Waals surface area contributed by atoms with Crippen molar-refractivity contribution in [2.75, 3.05) is 45.2 Å². The number of H-pyrrole nitrogens is 1. The van der Waals surface area contributed by atoms with Crippen LogP contribution in [0.4, 0.5) is 5.69 Å². The van der Waals surface area contributed by atoms with E-state index in [1.807, 2.05) is 6.92 Å². The molecule has 1 aromatic heterocycles. The highest BCUT2D eigenvalue weighted by Gasteiger charge is 2.27. The predicted octanol–water partition coefficient (Wildman–Crippen LogP) is 2.57. The zero-order valence-electron chi connectivity index (χ0n) is 15.8. The maximum Gasteiger partial charge on any atom is 0.356 e. The number of anilines is 1. The van der Waals surface area contributed by atoms with E-state index in [0.717, 1.165) is 32.7 Å². The van der Waals surface area contributed by atoms with Gasteiger partial charge in [0.25, 0.3) is 0 Å². The molecule has 3 rings (SSSR count). The zero-order chi connectivity index (χ0) is 19.6. The molecule has 0 bridgehead atoms. The van der Waals surface area contributed by atoms with Crippen LogP contribution >= 0.6 is 11.6 Å². The Bertz CT molecular complexity index is 843. The Hall–Kier alpha value is -2.09. The van der Waals surface area contributed by atoms with E-state index < -0.39 is 5.97 Å². The molecule has 0 spiro atoms. The number of rotatable bonds is 5. The lowest BCUT2D eigenvalue weighted by atomic mass is 10.2. The molecule has 7 nitrogen and oxygen atoms in total. The van der Waals surface area contributed by atoms with Crippen LogP contribution in [0.3, 0.4) is 0 Å². The Balaban J connectivity index is 1.83. The van der Waals surface area contributed by atoms with Gasteiger partial charge in [0, 0.05) is 42.1 Å². The predicted molar refractivity (Wildman–Crippen MR) is 106 cm³/mol. The van der Waals surface area contributed by atoms with Gasteiger partial charge in [-0.25, -0.2) is 4.79 Å². The number of carbonyl (C=O) groups excluding carboxylic acids is 2. The van der Waals surface area contributed by atoms with Crippen molar-refractivity contribution in [2.45, 2.75) is 19.9 Å². The first-order valence-corrected chi connectivity index (χ1v) is 9.49. The van der Waals surface area contributed by atoms with Crippen LogP contribution < -0.4 is 5.32 Å². The summed E-state index contributed by atoms with van der Waals surface area (Å²) in [6.07, 6.45) is 0. The first-order valence-electron chi connectivity index (χ1n) is 9.11. The Labute approximate surface area is 163 Å². The van der Waals surface area contributed by atoms with Gasteiger partial charge in [0.05, 0.1) is 18.8 Å². The van der Waals surface area contributed by atoms with Gasteiger partial charge in [0.1, 0.15) is 5.69 Å². The Morgan fingerprint density at radius 3 is 2.63 bits per heavy atom. The number of ether oxygens (including phenoxy) is 1. The van der Waals surface area contributed by atoms with Crippen LogP contribution in [0.2, 0.25) is 5.02 Å². The molecule has 1 aliphatic heterocycles. The highest BCUT2D eigenvalue weighted by Crippen LogP contribution is 2.31. The van der Waals surface area contributed by atoms with E-state index in [-0.39, 0.29) is 17.6 Å². The summed E-state index contributed by atoms with van der Waals surface area (Å²) in [4.78, 5) is 32.6. The highest BCUT2D eigenvalue weighted by atomic mass is 35.5. The van der Waals surface area contributed by atoms with E-state index in [1.54, 1.807) is 18.2 Å². The number of benzene rings is 1. The Morgan fingerprint density at radius 1 is 1.30 bits per heavy atom. The van der Waals surface area contributed by atoms with Gasteiger partial charge in [-0.05, 0) is 31.7 Å². The maximum atomic E-state index is 12.9. The van der Waals surface area contributed by atoms with Crippen LogP contribution in [0, 0.1) is 0 Å². The van der Waals surface area contributed by atoms with Crippen molar-refractivity contribution >= 4 is 40.1 Å². The minimum Gasteiger partial charge on any atom is -0.464 e. The molecule has 8 heteroatoms. The summed E-state index contributed by atoms with van der Waals surface area (Å²) in [6.45, 7) is 8.62. The van der Waals surface area contributed by atoms with Crippen LogP contribution in [0.5, 0.6) is 0 Å². The third-order valence-corrected chi connectivity index (χ3v) is 5.41. The van der Waals surface area contributed by atoms with E-state index in [2.05, 4.69) is 27.0 Å². The summed E-state index contributed by atoms with van der Waals surface area (Å²) < 4.78 is 4.85. The molecule has 2 aromatic rings. The number of amides is 1. The molecule has 0 saturated carbocycles. The van der Waals surface area contributed by atoms with Gasteiger partial charge in [0.2, 0.25) is 5.91 Å². The standard InChI is InChI=1S/C19H25ClN4O3/c1-4-23-7-9-24(10-8-23)12(2)18(25)22-16-14-11-13(20)5-6-15(14)21-17(16)19(26)27-3/h5-6,11-12,21H,4,7-10H2,1-3H3,(H,22,25). The van der Waals surface area contributed by atoms with E-state index in [1.165, 1.54) is 7.11 Å². The maximum absolute atomic E-state index is 12.9. The van der Waals surface area contributed by atoms with Gasteiger partial charge in [0.15, 0.2) is 0 Å². The number of halogens is 1. The minimum atomic E-state index is -0.540. The van der Waals surface area contributed by atoms with Crippen LogP contribution in [0.1, 0.15) is 24.3 Å². The lowest BCUT2D eigenvalue weighted by Gasteiger charge is -2.36. The number of hydrogen-bond donors (Lipinski definition) is 2. The van der Waals surface area contributed by atoms with Crippen molar-refractivity contribution < 1.29 is 14.3 Å². The van der Waals surface area contributed by atoms with Crippen molar-refractivity contribution in [2.24, 2.45) is 0 Å². The van der Waals surface area contributed by atoms with E-state index in [4.69, 9.17) is 16.3 Å². The summed E-state index contributed by atoms with van der Waals surface area (Å²) in [5, 5.41) is 4.12. The number of esters is 1. The molecular formula is C19H25ClN4O3. The number of fused-ring (bicyclic) bond motifs is 1. The number of aromatic nitrogens is 1. The van der Waals surface area contributed by atoms with Gasteiger partial charge in [-0.15, -0.1) is 0 Å². The number of nitrogens with one attached hydrogen (secondary N) is 2. The molecule has 146 valence electrons. The largest absolute Gasteiger partial charge is 0.464 e. The summed E-state index contributed by atoms with van der Waals surface area (Å²) in [6, 6.07) is 4.91. The van der Waals surface area contributed by atoms with Gasteiger partial charge in [-0.2, -0.15) is 0 Å². The fourth-order valence-electron chi connectivity index (χ4n) is 3.41. The topological polar surface area (TPSA) is 77.7 Å². The molecule has 0 aliphatic carbocycles. The van der Waals surface area contributed by atoms with Crippen LogP contribution in [-0.4, -0.2) is 72.5 Å². The number of piperazine rings is 1. The molecule has 1 amide bonds. The van der Waals surface area contributed by atoms with Crippen LogP contribution in [0.15, 0.2) is 18.2 Å². The number of nitrogens with zero attached hydrogens (tertiary/aromatic N) is 2. The molecule has 1 atom stereocenters. The monoisotopic (exact) mass is 392 g/mol. The second kappa shape index (κ2) is 8.29. The first-order chi connectivity index (χ1) is 12.9. The molecule has 1 aromatic carbocycles. The quantitative estimate of drug-likeness (QED) is 0.765. The number of hydrogen-bond acceptors (Lipinski definition) is 5. The van der Waals surface area contributed by atoms with Crippen molar-refractivity contribution in [1.29, 1.82) is 0 Å². The lowest BCUT2D eigenvalue weighted by Crippen LogP contribution is -2.52. The number of aromatic amines is 1. The molecule has 27 heavy (non-hydrogen) atoms. The second-order valence-corrected chi connectivity index (χ2v) is 7.13. The first kappa shape index (κ1) is 19.7. The van der Waals surface area contributed by atoms with Gasteiger partial charge in [-0.3, -0.25) is 9.69 Å². The lowest BCUT2D eigenvalue weighted by molar-refractivity contribution is -0.121. The van der Waals surface area contributed by atoms with Gasteiger partial charge in [-0.1, -0.05) is 18.5 Å². The van der Waals surface area contributed by atoms with E-state index in [9.17, 15) is 9.59 Å². The number of methoxy groups -OCH3 is 1. The van der Waals surface area contributed by atoms with Crippen molar-refractivity contribution in [3.8, 4) is 0 Å². The molecule has 1 saturated heterocycles. The molecule has 1 unspecified atom stereocenters. The summed E-state index contributed by atoms with van der Waals surface area (Å²) in [5.41, 5.74) is 1.33. The molecule has 2 heterocycles. The van der Waals surface area contributed by atoms with Crippen molar-refractivity contribution in [3.05, 3.63) is 28.9 Å². The third-order valence-electron chi connectivity index (χ3n) is 5.18. The SMILES string of the molecule is CCN1CCN(C(C)C(=O)Nc2c(C(=O)OC)[nH]c3ccc(Cl)cc23)CC1. The molecule has 0 radical (unpaired) electrons. The second-order valence-electron chi connectivity index (χ2n) is 6.69. The average molecular weight is 393 g/mol. The zero-order valence-corrected chi connectivity index (χ0v) is 16.6. The smallest absolute Gasteiger partial charge is 0.356 e. The molecular weight excluding hydrogens is 368 g/mol. The van der Waals surface area contributed by atoms with Gasteiger partial charge < -0.3 is 19.9 Å². The molecule has 1 aliphatic rings. The fraction of sp³-hybridized carbons (Fsp3) is 0.474. The number of carbonyl (C=O) groups is 2. The highest BCUT2D eigenvalue weighted by molar-refractivity contribution is 6.31. The van der Waals surface area contributed by atoms with Crippen LogP contribution in [-0.2, 0) is 9.53 Å². The van der Waals surface area contributed by atoms with Crippen molar-refractivity contribution in [1.82, 2.24) is 14.8 Å². The third kappa shape index (κ3) is 4.10. The molecule has 2 N–H and O–H groups in total. The summed E-state index contributed by atoms with van der Waals surface area (Å²) in [5.74, 6) is -0.701. The van der Waals surface area contributed by atoms with Crippen LogP contribution in [0.25, 0.3) is 10.9 Å². The average Bonchev–Trinajstić information content (AvgIpc) is 3.04. The van der Waals surface area contributed by atoms with Gasteiger partial charge >= 0.3 is 5.97 Å². The van der Waals surface area contributed by atoms with Crippen molar-refractivity contribution in [3.63, 3.8) is 0 Å². The van der Waals surface area contributed by atoms with E-state index >= 15 is 0 Å². The van der Waals surface area contributed by atoms with E-state index in [0.29, 0.717) is 21.6 Å². The normalized spacial score (nSPS) is 17.0. The Morgan fingerprint density at radius 2 is 2.00 bits per heavy atom. The Kier molecular flexibility index (Phi) is 6.04. The number of likely N-dealkylation sites (N-methyl/N-ethyl adjacent to an activating group) is 1. The fourth-order valence-corrected chi connectivity index (χ4v) is 3.58. The summed E-state index contributed by atoms with van der Waals surface area (Å²) in [7, 11) is 1.31.